The first kappa shape index (κ1) is 14.4. The van der Waals surface area contributed by atoms with Crippen molar-refractivity contribution < 1.29 is 9.53 Å². The van der Waals surface area contributed by atoms with Crippen LogP contribution in [0.1, 0.15) is 30.1 Å². The van der Waals surface area contributed by atoms with Crippen molar-refractivity contribution in [2.45, 2.75) is 32.4 Å². The summed E-state index contributed by atoms with van der Waals surface area (Å²) in [6, 6.07) is 5.47. The molecule has 112 valence electrons. The summed E-state index contributed by atoms with van der Waals surface area (Å²) >= 11 is 6.08. The van der Waals surface area contributed by atoms with Crippen molar-refractivity contribution in [3.8, 4) is 0 Å². The molecule has 3 rings (SSSR count). The van der Waals surface area contributed by atoms with Crippen LogP contribution in [0.2, 0.25) is 5.28 Å². The molecule has 1 aromatic carbocycles. The highest BCUT2D eigenvalue weighted by atomic mass is 35.5. The average Bonchev–Trinajstić information content (AvgIpc) is 3.10. The van der Waals surface area contributed by atoms with Crippen LogP contribution < -0.4 is 5.32 Å². The molecule has 0 bridgehead atoms. The molecule has 2 aromatic rings. The molecule has 1 aliphatic rings. The number of carbonyl (C=O) groups excluding carboxylic acids is 1. The topological polar surface area (TPSA) is 56.2 Å². The lowest BCUT2D eigenvalue weighted by atomic mass is 10.1. The number of hydrogen-bond acceptors (Lipinski definition) is 3. The zero-order chi connectivity index (χ0) is 14.8. The Kier molecular flexibility index (Phi) is 4.12. The van der Waals surface area contributed by atoms with Gasteiger partial charge in [-0.05, 0) is 49.6 Å². The summed E-state index contributed by atoms with van der Waals surface area (Å²) in [4.78, 5) is 16.5. The van der Waals surface area contributed by atoms with Gasteiger partial charge in [-0.1, -0.05) is 0 Å². The number of hydrogen-bond donors (Lipinski definition) is 1. The van der Waals surface area contributed by atoms with Gasteiger partial charge >= 0.3 is 0 Å². The second-order valence-electron chi connectivity index (χ2n) is 5.17. The Bertz CT molecular complexity index is 662. The lowest BCUT2D eigenvalue weighted by molar-refractivity contribution is 0.0858. The Morgan fingerprint density at radius 1 is 1.57 bits per heavy atom. The van der Waals surface area contributed by atoms with Gasteiger partial charge in [-0.2, -0.15) is 0 Å². The highest BCUT2D eigenvalue weighted by Gasteiger charge is 2.17. The van der Waals surface area contributed by atoms with E-state index < -0.39 is 0 Å². The third-order valence-corrected chi connectivity index (χ3v) is 4.08. The summed E-state index contributed by atoms with van der Waals surface area (Å²) in [6.07, 6.45) is 2.22. The number of halogens is 1. The van der Waals surface area contributed by atoms with E-state index in [1.807, 2.05) is 17.6 Å². The molecule has 1 amide bonds. The van der Waals surface area contributed by atoms with Crippen LogP contribution in [0.15, 0.2) is 18.2 Å². The fraction of sp³-hybridized carbons (Fsp3) is 0.467. The zero-order valence-electron chi connectivity index (χ0n) is 11.9. The first-order valence-electron chi connectivity index (χ1n) is 7.24. The molecule has 1 unspecified atom stereocenters. The maximum atomic E-state index is 12.2. The monoisotopic (exact) mass is 307 g/mol. The van der Waals surface area contributed by atoms with Crippen LogP contribution in [0.3, 0.4) is 0 Å². The number of imidazole rings is 1. The zero-order valence-corrected chi connectivity index (χ0v) is 12.7. The minimum absolute atomic E-state index is 0.102. The Balaban J connectivity index is 1.75. The first-order chi connectivity index (χ1) is 10.2. The molecule has 0 saturated carbocycles. The van der Waals surface area contributed by atoms with E-state index in [9.17, 15) is 4.79 Å². The van der Waals surface area contributed by atoms with E-state index in [-0.39, 0.29) is 12.0 Å². The first-order valence-corrected chi connectivity index (χ1v) is 7.62. The van der Waals surface area contributed by atoms with Crippen molar-refractivity contribution in [3.63, 3.8) is 0 Å². The molecule has 0 aliphatic carbocycles. The van der Waals surface area contributed by atoms with Crippen molar-refractivity contribution >= 4 is 28.5 Å². The van der Waals surface area contributed by atoms with Crippen LogP contribution in [0.25, 0.3) is 11.0 Å². The quantitative estimate of drug-likeness (QED) is 0.944. The molecule has 2 heterocycles. The molecule has 1 aliphatic heterocycles. The Labute approximate surface area is 128 Å². The minimum atomic E-state index is -0.102. The van der Waals surface area contributed by atoms with Gasteiger partial charge in [-0.3, -0.25) is 4.79 Å². The number of nitrogens with one attached hydrogen (secondary N) is 1. The maximum absolute atomic E-state index is 12.2. The van der Waals surface area contributed by atoms with E-state index in [2.05, 4.69) is 10.3 Å². The Hall–Kier alpha value is -1.59. The fourth-order valence-corrected chi connectivity index (χ4v) is 2.96. The van der Waals surface area contributed by atoms with Crippen molar-refractivity contribution in [1.82, 2.24) is 14.9 Å². The van der Waals surface area contributed by atoms with Gasteiger partial charge in [0.25, 0.3) is 5.91 Å². The molecule has 1 N–H and O–H groups in total. The molecule has 21 heavy (non-hydrogen) atoms. The average molecular weight is 308 g/mol. The van der Waals surface area contributed by atoms with Gasteiger partial charge in [0.2, 0.25) is 5.28 Å². The summed E-state index contributed by atoms with van der Waals surface area (Å²) in [5.41, 5.74) is 2.28. The van der Waals surface area contributed by atoms with Gasteiger partial charge in [-0.25, -0.2) is 4.98 Å². The van der Waals surface area contributed by atoms with Gasteiger partial charge in [0.05, 0.1) is 17.1 Å². The number of benzene rings is 1. The van der Waals surface area contributed by atoms with E-state index in [0.717, 1.165) is 37.0 Å². The summed E-state index contributed by atoms with van der Waals surface area (Å²) in [6.45, 7) is 4.11. The van der Waals surface area contributed by atoms with E-state index in [1.165, 1.54) is 0 Å². The van der Waals surface area contributed by atoms with Crippen molar-refractivity contribution in [2.75, 3.05) is 13.2 Å². The molecular weight excluding hydrogens is 290 g/mol. The molecular formula is C15H18ClN3O2. The maximum Gasteiger partial charge on any atom is 0.251 e. The number of aromatic nitrogens is 2. The summed E-state index contributed by atoms with van der Waals surface area (Å²) in [5.74, 6) is -0.102. The largest absolute Gasteiger partial charge is 0.376 e. The van der Waals surface area contributed by atoms with Crippen LogP contribution in [0, 0.1) is 0 Å². The van der Waals surface area contributed by atoms with Gasteiger partial charge < -0.3 is 14.6 Å². The second kappa shape index (κ2) is 6.03. The predicted octanol–water partition coefficient (Wildman–Crippen LogP) is 2.62. The third-order valence-electron chi connectivity index (χ3n) is 3.79. The Morgan fingerprint density at radius 2 is 2.43 bits per heavy atom. The minimum Gasteiger partial charge on any atom is -0.376 e. The number of amides is 1. The van der Waals surface area contributed by atoms with Gasteiger partial charge in [0.15, 0.2) is 0 Å². The second-order valence-corrected chi connectivity index (χ2v) is 5.51. The van der Waals surface area contributed by atoms with Gasteiger partial charge in [-0.15, -0.1) is 0 Å². The van der Waals surface area contributed by atoms with E-state index in [4.69, 9.17) is 16.3 Å². The van der Waals surface area contributed by atoms with E-state index >= 15 is 0 Å². The number of rotatable bonds is 4. The predicted molar refractivity (Wildman–Crippen MR) is 81.7 cm³/mol. The number of carbonyl (C=O) groups is 1. The highest BCUT2D eigenvalue weighted by Crippen LogP contribution is 2.21. The number of ether oxygens (including phenoxy) is 1. The van der Waals surface area contributed by atoms with Crippen molar-refractivity contribution in [1.29, 1.82) is 0 Å². The molecule has 0 radical (unpaired) electrons. The van der Waals surface area contributed by atoms with Crippen LogP contribution in [-0.4, -0.2) is 34.7 Å². The molecule has 1 fully saturated rings. The molecule has 5 nitrogen and oxygen atoms in total. The highest BCUT2D eigenvalue weighted by molar-refractivity contribution is 6.29. The summed E-state index contributed by atoms with van der Waals surface area (Å²) in [7, 11) is 0. The lowest BCUT2D eigenvalue weighted by Gasteiger charge is -2.10. The molecule has 1 atom stereocenters. The van der Waals surface area contributed by atoms with Crippen molar-refractivity contribution in [3.05, 3.63) is 29.0 Å². The van der Waals surface area contributed by atoms with Crippen LogP contribution >= 0.6 is 11.6 Å². The number of aryl methyl sites for hydroxylation is 1. The SMILES string of the molecule is CCn1c(Cl)nc2cc(C(=O)NCC3CCCO3)ccc21. The standard InChI is InChI=1S/C15H18ClN3O2/c1-2-19-13-6-5-10(8-12(13)18-15(19)16)14(20)17-9-11-4-3-7-21-11/h5-6,8,11H,2-4,7,9H2,1H3,(H,17,20). The third kappa shape index (κ3) is 2.89. The van der Waals surface area contributed by atoms with Crippen LogP contribution in [0.4, 0.5) is 0 Å². The van der Waals surface area contributed by atoms with Gasteiger partial charge in [0.1, 0.15) is 0 Å². The lowest BCUT2D eigenvalue weighted by Crippen LogP contribution is -2.31. The molecule has 0 spiro atoms. The van der Waals surface area contributed by atoms with E-state index in [1.54, 1.807) is 12.1 Å². The Morgan fingerprint density at radius 3 is 3.14 bits per heavy atom. The number of fused-ring (bicyclic) bond motifs is 1. The van der Waals surface area contributed by atoms with E-state index in [0.29, 0.717) is 17.4 Å². The summed E-state index contributed by atoms with van der Waals surface area (Å²) in [5, 5.41) is 3.36. The molecule has 6 heteroatoms. The van der Waals surface area contributed by atoms with Crippen LogP contribution in [0.5, 0.6) is 0 Å². The van der Waals surface area contributed by atoms with Crippen molar-refractivity contribution in [2.24, 2.45) is 0 Å². The smallest absolute Gasteiger partial charge is 0.251 e. The van der Waals surface area contributed by atoms with Gasteiger partial charge in [0, 0.05) is 25.3 Å². The molecule has 1 aromatic heterocycles. The van der Waals surface area contributed by atoms with Crippen LogP contribution in [-0.2, 0) is 11.3 Å². The fourth-order valence-electron chi connectivity index (χ4n) is 2.66. The number of nitrogens with zero attached hydrogens (tertiary/aromatic N) is 2. The normalized spacial score (nSPS) is 18.3. The molecule has 1 saturated heterocycles. The summed E-state index contributed by atoms with van der Waals surface area (Å²) < 4.78 is 7.40.